The molecule has 0 radical (unpaired) electrons. The lowest BCUT2D eigenvalue weighted by Crippen LogP contribution is -2.37. The van der Waals surface area contributed by atoms with Gasteiger partial charge in [0.15, 0.2) is 5.96 Å². The van der Waals surface area contributed by atoms with Gasteiger partial charge in [0.1, 0.15) is 23.7 Å². The van der Waals surface area contributed by atoms with Gasteiger partial charge in [-0.2, -0.15) is 5.10 Å². The van der Waals surface area contributed by atoms with Gasteiger partial charge in [0.2, 0.25) is 0 Å². The van der Waals surface area contributed by atoms with E-state index >= 15 is 0 Å². The predicted octanol–water partition coefficient (Wildman–Crippen LogP) is 3.40. The average Bonchev–Trinajstić information content (AvgIpc) is 3.09. The number of ether oxygens (including phenoxy) is 1. The Bertz CT molecular complexity index is 910. The van der Waals surface area contributed by atoms with E-state index < -0.39 is 0 Å². The lowest BCUT2D eigenvalue weighted by molar-refractivity contribution is 0.474. The van der Waals surface area contributed by atoms with Crippen molar-refractivity contribution >= 4 is 29.9 Å². The molecule has 0 aliphatic heterocycles. The molecule has 1 heterocycles. The molecule has 0 aliphatic carbocycles. The van der Waals surface area contributed by atoms with Crippen LogP contribution in [0, 0.1) is 6.92 Å². The van der Waals surface area contributed by atoms with E-state index in [1.54, 1.807) is 11.7 Å². The summed E-state index contributed by atoms with van der Waals surface area (Å²) in [5, 5.41) is 10.6. The molecule has 3 rings (SSSR count). The van der Waals surface area contributed by atoms with Gasteiger partial charge in [-0.1, -0.05) is 30.3 Å². The van der Waals surface area contributed by atoms with Crippen molar-refractivity contribution < 1.29 is 4.74 Å². The van der Waals surface area contributed by atoms with Gasteiger partial charge >= 0.3 is 0 Å². The number of hydrogen-bond donors (Lipinski definition) is 2. The summed E-state index contributed by atoms with van der Waals surface area (Å²) in [6.07, 6.45) is 1.53. The normalized spacial score (nSPS) is 10.9. The highest BCUT2D eigenvalue weighted by atomic mass is 127. The summed E-state index contributed by atoms with van der Waals surface area (Å²) in [5.41, 5.74) is 2.19. The summed E-state index contributed by atoms with van der Waals surface area (Å²) in [7, 11) is 3.60. The van der Waals surface area contributed by atoms with E-state index in [-0.39, 0.29) is 24.0 Å². The molecule has 0 aliphatic rings. The first kappa shape index (κ1) is 21.7. The first-order valence-electron chi connectivity index (χ1n) is 8.75. The van der Waals surface area contributed by atoms with Crippen LogP contribution in [0.1, 0.15) is 17.0 Å². The number of nitrogens with zero attached hydrogens (tertiary/aromatic N) is 4. The van der Waals surface area contributed by atoms with Crippen molar-refractivity contribution in [1.29, 1.82) is 0 Å². The second-order valence-electron chi connectivity index (χ2n) is 6.11. The van der Waals surface area contributed by atoms with Crippen LogP contribution in [0.5, 0.6) is 11.5 Å². The van der Waals surface area contributed by atoms with Crippen molar-refractivity contribution in [2.75, 3.05) is 7.05 Å². The molecule has 0 unspecified atom stereocenters. The third kappa shape index (κ3) is 5.95. The lowest BCUT2D eigenvalue weighted by Gasteiger charge is -2.15. The van der Waals surface area contributed by atoms with E-state index in [0.29, 0.717) is 19.0 Å². The predicted molar refractivity (Wildman–Crippen MR) is 121 cm³/mol. The summed E-state index contributed by atoms with van der Waals surface area (Å²) in [4.78, 5) is 8.46. The summed E-state index contributed by atoms with van der Waals surface area (Å²) >= 11 is 0. The van der Waals surface area contributed by atoms with Crippen LogP contribution in [0.4, 0.5) is 0 Å². The molecule has 28 heavy (non-hydrogen) atoms. The monoisotopic (exact) mass is 492 g/mol. The van der Waals surface area contributed by atoms with Crippen LogP contribution in [-0.4, -0.2) is 27.8 Å². The highest BCUT2D eigenvalue weighted by Crippen LogP contribution is 2.26. The number of hydrogen-bond acceptors (Lipinski definition) is 4. The van der Waals surface area contributed by atoms with Crippen molar-refractivity contribution in [3.63, 3.8) is 0 Å². The largest absolute Gasteiger partial charge is 0.457 e. The minimum Gasteiger partial charge on any atom is -0.457 e. The number of halogens is 1. The van der Waals surface area contributed by atoms with Crippen molar-refractivity contribution in [2.24, 2.45) is 12.0 Å². The molecule has 0 saturated carbocycles. The second kappa shape index (κ2) is 10.6. The third-order valence-corrected chi connectivity index (χ3v) is 4.08. The Morgan fingerprint density at radius 2 is 1.86 bits per heavy atom. The Hall–Kier alpha value is -2.62. The van der Waals surface area contributed by atoms with Crippen LogP contribution in [0.15, 0.2) is 59.9 Å². The molecule has 8 heteroatoms. The maximum atomic E-state index is 6.07. The van der Waals surface area contributed by atoms with Crippen LogP contribution in [0.2, 0.25) is 0 Å². The van der Waals surface area contributed by atoms with Crippen LogP contribution in [0.3, 0.4) is 0 Å². The average molecular weight is 492 g/mol. The van der Waals surface area contributed by atoms with Crippen LogP contribution in [-0.2, 0) is 20.1 Å². The van der Waals surface area contributed by atoms with Gasteiger partial charge in [-0.05, 0) is 30.7 Å². The Morgan fingerprint density at radius 3 is 2.54 bits per heavy atom. The maximum Gasteiger partial charge on any atom is 0.191 e. The minimum atomic E-state index is 0. The Balaban J connectivity index is 0.00000280. The zero-order valence-electron chi connectivity index (χ0n) is 16.2. The van der Waals surface area contributed by atoms with Crippen LogP contribution >= 0.6 is 24.0 Å². The summed E-state index contributed by atoms with van der Waals surface area (Å²) < 4.78 is 7.80. The number of guanidine groups is 1. The maximum absolute atomic E-state index is 6.07. The van der Waals surface area contributed by atoms with E-state index in [0.717, 1.165) is 28.5 Å². The van der Waals surface area contributed by atoms with E-state index in [2.05, 4.69) is 44.8 Å². The number of rotatable bonds is 6. The second-order valence-corrected chi connectivity index (χ2v) is 6.11. The fourth-order valence-corrected chi connectivity index (χ4v) is 2.56. The summed E-state index contributed by atoms with van der Waals surface area (Å²) in [5.74, 6) is 3.16. The Morgan fingerprint density at radius 1 is 1.11 bits per heavy atom. The summed E-state index contributed by atoms with van der Waals surface area (Å²) in [6, 6.07) is 16.0. The van der Waals surface area contributed by atoms with Crippen molar-refractivity contribution in [3.8, 4) is 11.5 Å². The number of aliphatic imine (C=N–C) groups is 1. The van der Waals surface area contributed by atoms with Crippen LogP contribution < -0.4 is 15.4 Å². The highest BCUT2D eigenvalue weighted by Gasteiger charge is 2.08. The molecular formula is C20H25IN6O. The molecule has 0 fully saturated rings. The molecule has 2 N–H and O–H groups in total. The van der Waals surface area contributed by atoms with Gasteiger partial charge in [-0.3, -0.25) is 9.67 Å². The van der Waals surface area contributed by atoms with Gasteiger partial charge < -0.3 is 15.4 Å². The van der Waals surface area contributed by atoms with Gasteiger partial charge in [0.25, 0.3) is 0 Å². The van der Waals surface area contributed by atoms with Crippen molar-refractivity contribution in [2.45, 2.75) is 20.0 Å². The molecule has 0 bridgehead atoms. The zero-order chi connectivity index (χ0) is 19.1. The molecular weight excluding hydrogens is 467 g/mol. The molecule has 148 valence electrons. The van der Waals surface area contributed by atoms with Gasteiger partial charge in [-0.25, -0.2) is 4.98 Å². The number of para-hydroxylation sites is 1. The fourth-order valence-electron chi connectivity index (χ4n) is 2.56. The SMILES string of the molecule is CN=C(NCc1ccc(C)cc1Oc1ccccc1)NCc1ncnn1C.I. The van der Waals surface area contributed by atoms with Gasteiger partial charge in [0.05, 0.1) is 6.54 Å². The van der Waals surface area contributed by atoms with Gasteiger partial charge in [0, 0.05) is 26.2 Å². The minimum absolute atomic E-state index is 0. The highest BCUT2D eigenvalue weighted by molar-refractivity contribution is 14.0. The van der Waals surface area contributed by atoms with Crippen molar-refractivity contribution in [1.82, 2.24) is 25.4 Å². The fraction of sp³-hybridized carbons (Fsp3) is 0.250. The lowest BCUT2D eigenvalue weighted by atomic mass is 10.1. The smallest absolute Gasteiger partial charge is 0.191 e. The number of aromatic nitrogens is 3. The molecule has 0 spiro atoms. The van der Waals surface area contributed by atoms with Crippen LogP contribution in [0.25, 0.3) is 0 Å². The summed E-state index contributed by atoms with van der Waals surface area (Å²) in [6.45, 7) is 3.18. The van der Waals surface area contributed by atoms with Gasteiger partial charge in [-0.15, -0.1) is 24.0 Å². The van der Waals surface area contributed by atoms with E-state index in [1.165, 1.54) is 6.33 Å². The molecule has 1 aromatic heterocycles. The van der Waals surface area contributed by atoms with E-state index in [4.69, 9.17) is 4.74 Å². The molecule has 7 nitrogen and oxygen atoms in total. The molecule has 0 atom stereocenters. The standard InChI is InChI=1S/C20H24N6O.HI/c1-15-9-10-16(18(11-15)27-17-7-5-4-6-8-17)12-22-20(21-2)23-13-19-24-14-25-26(19)3;/h4-11,14H,12-13H2,1-3H3,(H2,21,22,23);1H. The third-order valence-electron chi connectivity index (χ3n) is 4.08. The molecule has 2 aromatic carbocycles. The first-order valence-corrected chi connectivity index (χ1v) is 8.75. The Labute approximate surface area is 182 Å². The topological polar surface area (TPSA) is 76.4 Å². The Kier molecular flexibility index (Phi) is 8.24. The number of nitrogens with one attached hydrogen (secondary N) is 2. The van der Waals surface area contributed by atoms with E-state index in [1.807, 2.05) is 43.4 Å². The quantitative estimate of drug-likeness (QED) is 0.314. The zero-order valence-corrected chi connectivity index (χ0v) is 18.5. The van der Waals surface area contributed by atoms with Crippen molar-refractivity contribution in [3.05, 3.63) is 71.8 Å². The molecule has 3 aromatic rings. The molecule has 0 amide bonds. The number of benzene rings is 2. The van der Waals surface area contributed by atoms with E-state index in [9.17, 15) is 0 Å². The number of aryl methyl sites for hydroxylation is 2. The molecule has 0 saturated heterocycles. The first-order chi connectivity index (χ1) is 13.2.